The molecule has 2 rings (SSSR count). The number of carbonyl (C=O) groups excluding carboxylic acids is 1. The maximum absolute atomic E-state index is 13.0. The Morgan fingerprint density at radius 3 is 2.23 bits per heavy atom. The molecule has 0 N–H and O–H groups in total. The van der Waals surface area contributed by atoms with Crippen molar-refractivity contribution in [2.75, 3.05) is 13.1 Å². The first-order chi connectivity index (χ1) is 12.0. The van der Waals surface area contributed by atoms with E-state index in [1.54, 1.807) is 29.2 Å². The molecule has 0 spiro atoms. The molecule has 1 aliphatic rings. The molecular weight excluding hydrogens is 420 g/mol. The van der Waals surface area contributed by atoms with Crippen molar-refractivity contribution in [3.63, 3.8) is 0 Å². The van der Waals surface area contributed by atoms with Crippen LogP contribution in [-0.2, 0) is 20.1 Å². The monoisotopic (exact) mass is 446 g/mol. The standard InChI is InChI=1S/C18H27BrN2O4S/c1-13-12-21(14(2)11-20(13)17(22)25-18(3,4)5)26(23,24)16-8-6-15(10-19)7-9-16/h6-9,13-14H,10-12H2,1-5H3/t13-,14+/m1/s1. The van der Waals surface area contributed by atoms with Crippen LogP contribution >= 0.6 is 15.9 Å². The fraction of sp³-hybridized carbons (Fsp3) is 0.611. The molecule has 1 heterocycles. The number of nitrogens with zero attached hydrogens (tertiary/aromatic N) is 2. The molecule has 0 bridgehead atoms. The third kappa shape index (κ3) is 4.78. The van der Waals surface area contributed by atoms with E-state index in [0.29, 0.717) is 11.9 Å². The van der Waals surface area contributed by atoms with Crippen molar-refractivity contribution in [1.29, 1.82) is 0 Å². The van der Waals surface area contributed by atoms with E-state index in [2.05, 4.69) is 15.9 Å². The molecule has 0 aliphatic carbocycles. The molecule has 146 valence electrons. The van der Waals surface area contributed by atoms with Crippen LogP contribution in [0.1, 0.15) is 40.2 Å². The van der Waals surface area contributed by atoms with E-state index in [0.717, 1.165) is 5.56 Å². The number of benzene rings is 1. The van der Waals surface area contributed by atoms with E-state index in [1.165, 1.54) is 4.31 Å². The average molecular weight is 447 g/mol. The van der Waals surface area contributed by atoms with Crippen LogP contribution in [0.2, 0.25) is 0 Å². The highest BCUT2D eigenvalue weighted by Gasteiger charge is 2.40. The van der Waals surface area contributed by atoms with Crippen molar-refractivity contribution in [2.24, 2.45) is 0 Å². The lowest BCUT2D eigenvalue weighted by molar-refractivity contribution is 0.00190. The molecule has 1 saturated heterocycles. The van der Waals surface area contributed by atoms with Crippen LogP contribution in [0, 0.1) is 0 Å². The largest absolute Gasteiger partial charge is 0.444 e. The number of hydrogen-bond acceptors (Lipinski definition) is 4. The van der Waals surface area contributed by atoms with Gasteiger partial charge in [-0.05, 0) is 52.3 Å². The molecule has 2 atom stereocenters. The first-order valence-electron chi connectivity index (χ1n) is 8.62. The number of halogens is 1. The molecule has 1 aromatic rings. The smallest absolute Gasteiger partial charge is 0.410 e. The van der Waals surface area contributed by atoms with Gasteiger partial charge in [-0.3, -0.25) is 0 Å². The molecular formula is C18H27BrN2O4S. The van der Waals surface area contributed by atoms with Gasteiger partial charge in [-0.15, -0.1) is 0 Å². The molecule has 1 fully saturated rings. The Labute approximate surface area is 164 Å². The summed E-state index contributed by atoms with van der Waals surface area (Å²) < 4.78 is 33.0. The number of amides is 1. The summed E-state index contributed by atoms with van der Waals surface area (Å²) in [6, 6.07) is 6.25. The van der Waals surface area contributed by atoms with E-state index in [4.69, 9.17) is 4.74 Å². The first-order valence-corrected chi connectivity index (χ1v) is 11.2. The van der Waals surface area contributed by atoms with Crippen LogP contribution in [0.3, 0.4) is 0 Å². The van der Waals surface area contributed by atoms with Crippen molar-refractivity contribution < 1.29 is 17.9 Å². The average Bonchev–Trinajstić information content (AvgIpc) is 2.54. The quantitative estimate of drug-likeness (QED) is 0.665. The lowest BCUT2D eigenvalue weighted by Gasteiger charge is -2.43. The molecule has 0 radical (unpaired) electrons. The van der Waals surface area contributed by atoms with Gasteiger partial charge in [-0.25, -0.2) is 13.2 Å². The van der Waals surface area contributed by atoms with Crippen LogP contribution in [-0.4, -0.2) is 54.5 Å². The Balaban J connectivity index is 2.18. The summed E-state index contributed by atoms with van der Waals surface area (Å²) in [4.78, 5) is 14.3. The van der Waals surface area contributed by atoms with Gasteiger partial charge in [-0.1, -0.05) is 28.1 Å². The Hall–Kier alpha value is -1.12. The van der Waals surface area contributed by atoms with Gasteiger partial charge in [0, 0.05) is 30.5 Å². The fourth-order valence-corrected chi connectivity index (χ4v) is 4.97. The minimum Gasteiger partial charge on any atom is -0.444 e. The van der Waals surface area contributed by atoms with Crippen LogP contribution in [0.4, 0.5) is 4.79 Å². The topological polar surface area (TPSA) is 66.9 Å². The predicted octanol–water partition coefficient (Wildman–Crippen LogP) is 3.60. The van der Waals surface area contributed by atoms with Crippen molar-refractivity contribution in [1.82, 2.24) is 9.21 Å². The summed E-state index contributed by atoms with van der Waals surface area (Å²) in [5.41, 5.74) is 0.431. The zero-order valence-corrected chi connectivity index (χ0v) is 18.3. The molecule has 0 saturated carbocycles. The zero-order valence-electron chi connectivity index (χ0n) is 15.9. The van der Waals surface area contributed by atoms with E-state index < -0.39 is 21.7 Å². The summed E-state index contributed by atoms with van der Waals surface area (Å²) in [5, 5.41) is 0.676. The number of sulfonamides is 1. The summed E-state index contributed by atoms with van der Waals surface area (Å²) in [6.45, 7) is 9.64. The van der Waals surface area contributed by atoms with Gasteiger partial charge >= 0.3 is 6.09 Å². The normalized spacial score (nSPS) is 22.3. The second-order valence-corrected chi connectivity index (χ2v) is 10.1. The second kappa shape index (κ2) is 7.86. The third-order valence-electron chi connectivity index (χ3n) is 4.24. The highest BCUT2D eigenvalue weighted by atomic mass is 79.9. The minimum atomic E-state index is -3.61. The Morgan fingerprint density at radius 1 is 1.15 bits per heavy atom. The SMILES string of the molecule is C[C@@H]1CN(S(=O)(=O)c2ccc(CBr)cc2)[C@@H](C)CN1C(=O)OC(C)(C)C. The molecule has 1 aliphatic heterocycles. The zero-order chi connectivity index (χ0) is 19.7. The molecule has 1 aromatic carbocycles. The Kier molecular flexibility index (Phi) is 6.40. The van der Waals surface area contributed by atoms with Gasteiger partial charge in [0.2, 0.25) is 10.0 Å². The second-order valence-electron chi connectivity index (χ2n) is 7.68. The van der Waals surface area contributed by atoms with Gasteiger partial charge in [0.05, 0.1) is 4.90 Å². The number of alkyl halides is 1. The molecule has 8 heteroatoms. The Morgan fingerprint density at radius 2 is 1.73 bits per heavy atom. The third-order valence-corrected chi connectivity index (χ3v) is 6.88. The number of rotatable bonds is 3. The highest BCUT2D eigenvalue weighted by molar-refractivity contribution is 9.08. The molecule has 0 unspecified atom stereocenters. The van der Waals surface area contributed by atoms with Gasteiger partial charge in [0.15, 0.2) is 0 Å². The van der Waals surface area contributed by atoms with Crippen LogP contribution in [0.15, 0.2) is 29.2 Å². The fourth-order valence-electron chi connectivity index (χ4n) is 2.89. The van der Waals surface area contributed by atoms with E-state index in [1.807, 2.05) is 34.6 Å². The van der Waals surface area contributed by atoms with E-state index in [-0.39, 0.29) is 23.5 Å². The summed E-state index contributed by atoms with van der Waals surface area (Å²) >= 11 is 3.36. The van der Waals surface area contributed by atoms with Crippen molar-refractivity contribution in [2.45, 2.75) is 62.5 Å². The minimum absolute atomic E-state index is 0.239. The molecule has 6 nitrogen and oxygen atoms in total. The van der Waals surface area contributed by atoms with E-state index >= 15 is 0 Å². The molecule has 26 heavy (non-hydrogen) atoms. The lowest BCUT2D eigenvalue weighted by atomic mass is 10.1. The number of ether oxygens (including phenoxy) is 1. The van der Waals surface area contributed by atoms with E-state index in [9.17, 15) is 13.2 Å². The van der Waals surface area contributed by atoms with Crippen LogP contribution < -0.4 is 0 Å². The van der Waals surface area contributed by atoms with Gasteiger partial charge < -0.3 is 9.64 Å². The highest BCUT2D eigenvalue weighted by Crippen LogP contribution is 2.25. The maximum Gasteiger partial charge on any atom is 0.410 e. The molecule has 0 aromatic heterocycles. The van der Waals surface area contributed by atoms with Gasteiger partial charge in [0.25, 0.3) is 0 Å². The lowest BCUT2D eigenvalue weighted by Crippen LogP contribution is -2.59. The summed E-state index contributed by atoms with van der Waals surface area (Å²) in [7, 11) is -3.61. The van der Waals surface area contributed by atoms with Crippen molar-refractivity contribution >= 4 is 32.0 Å². The summed E-state index contributed by atoms with van der Waals surface area (Å²) in [6.07, 6.45) is -0.407. The first kappa shape index (κ1) is 21.2. The maximum atomic E-state index is 13.0. The number of carbonyl (C=O) groups is 1. The number of hydrogen-bond donors (Lipinski definition) is 0. The predicted molar refractivity (Wildman–Crippen MR) is 105 cm³/mol. The van der Waals surface area contributed by atoms with Gasteiger partial charge in [-0.2, -0.15) is 4.31 Å². The number of piperazine rings is 1. The Bertz CT molecular complexity index is 743. The van der Waals surface area contributed by atoms with Crippen LogP contribution in [0.25, 0.3) is 0 Å². The van der Waals surface area contributed by atoms with Crippen molar-refractivity contribution in [3.05, 3.63) is 29.8 Å². The summed E-state index contributed by atoms with van der Waals surface area (Å²) in [5.74, 6) is 0. The van der Waals surface area contributed by atoms with Crippen LogP contribution in [0.5, 0.6) is 0 Å². The van der Waals surface area contributed by atoms with Gasteiger partial charge in [0.1, 0.15) is 5.60 Å². The molecule has 1 amide bonds. The van der Waals surface area contributed by atoms with Crippen molar-refractivity contribution in [3.8, 4) is 0 Å².